The molecule has 0 spiro atoms. The number of hydrogen-bond acceptors (Lipinski definition) is 5. The number of benzene rings is 3. The number of nitrogens with zero attached hydrogens (tertiary/aromatic N) is 1. The van der Waals surface area contributed by atoms with E-state index in [2.05, 4.69) is 0 Å². The van der Waals surface area contributed by atoms with E-state index in [0.717, 1.165) is 0 Å². The summed E-state index contributed by atoms with van der Waals surface area (Å²) < 4.78 is 30.1. The number of amides is 2. The molecule has 144 valence electrons. The molecule has 6 nitrogen and oxygen atoms in total. The fraction of sp³-hybridized carbons (Fsp3) is 0. The van der Waals surface area contributed by atoms with Gasteiger partial charge in [-0.3, -0.25) is 9.59 Å². The summed E-state index contributed by atoms with van der Waals surface area (Å²) in [4.78, 5) is 26.0. The van der Waals surface area contributed by atoms with Crippen LogP contribution in [0.4, 0.5) is 0 Å². The number of hydrogen-bond donors (Lipinski definition) is 0. The quantitative estimate of drug-likeness (QED) is 0.609. The fourth-order valence-corrected chi connectivity index (χ4v) is 3.96. The SMILES string of the molecule is O=C1C(c2ccccc2)=C(c2ccccc2)C(=O)N1OS(=O)(=O)c1ccccc1. The summed E-state index contributed by atoms with van der Waals surface area (Å²) >= 11 is 0. The molecular formula is C22H15NO5S. The Hall–Kier alpha value is -3.55. The normalized spacial score (nSPS) is 14.6. The molecule has 0 atom stereocenters. The summed E-state index contributed by atoms with van der Waals surface area (Å²) in [5.74, 6) is -1.67. The van der Waals surface area contributed by atoms with Gasteiger partial charge >= 0.3 is 10.1 Å². The van der Waals surface area contributed by atoms with Crippen molar-refractivity contribution in [3.8, 4) is 0 Å². The molecule has 0 fully saturated rings. The van der Waals surface area contributed by atoms with Crippen LogP contribution in [0.1, 0.15) is 11.1 Å². The van der Waals surface area contributed by atoms with Gasteiger partial charge in [-0.25, -0.2) is 0 Å². The first-order valence-corrected chi connectivity index (χ1v) is 10.1. The van der Waals surface area contributed by atoms with Gasteiger partial charge in [-0.1, -0.05) is 78.9 Å². The maximum Gasteiger partial charge on any atom is 0.318 e. The van der Waals surface area contributed by atoms with E-state index >= 15 is 0 Å². The molecule has 0 aromatic heterocycles. The highest BCUT2D eigenvalue weighted by molar-refractivity contribution is 7.86. The molecule has 1 aliphatic heterocycles. The molecule has 3 aromatic carbocycles. The highest BCUT2D eigenvalue weighted by atomic mass is 32.2. The first-order chi connectivity index (χ1) is 14.0. The topological polar surface area (TPSA) is 80.8 Å². The minimum absolute atomic E-state index is 0.0880. The second kappa shape index (κ2) is 7.46. The summed E-state index contributed by atoms with van der Waals surface area (Å²) in [6.45, 7) is 0. The van der Waals surface area contributed by atoms with Crippen molar-refractivity contribution in [2.45, 2.75) is 4.90 Å². The van der Waals surface area contributed by atoms with Crippen LogP contribution in [-0.4, -0.2) is 25.3 Å². The molecule has 0 bridgehead atoms. The van der Waals surface area contributed by atoms with E-state index in [-0.39, 0.29) is 16.0 Å². The minimum atomic E-state index is -4.36. The average molecular weight is 405 g/mol. The second-order valence-electron chi connectivity index (χ2n) is 6.23. The lowest BCUT2D eigenvalue weighted by Crippen LogP contribution is -2.34. The first kappa shape index (κ1) is 18.8. The summed E-state index contributed by atoms with van der Waals surface area (Å²) in [6.07, 6.45) is 0. The Morgan fingerprint density at radius 1 is 0.586 bits per heavy atom. The second-order valence-corrected chi connectivity index (χ2v) is 7.76. The Morgan fingerprint density at radius 3 is 1.38 bits per heavy atom. The molecule has 0 saturated heterocycles. The van der Waals surface area contributed by atoms with E-state index in [4.69, 9.17) is 4.28 Å². The zero-order valence-corrected chi connectivity index (χ0v) is 15.9. The minimum Gasteiger partial charge on any atom is -0.266 e. The molecule has 7 heteroatoms. The summed E-state index contributed by atoms with van der Waals surface area (Å²) in [5.41, 5.74) is 1.16. The highest BCUT2D eigenvalue weighted by Crippen LogP contribution is 2.36. The van der Waals surface area contributed by atoms with E-state index < -0.39 is 21.9 Å². The third-order valence-electron chi connectivity index (χ3n) is 4.38. The van der Waals surface area contributed by atoms with Crippen molar-refractivity contribution in [1.82, 2.24) is 5.06 Å². The van der Waals surface area contributed by atoms with Crippen molar-refractivity contribution in [3.05, 3.63) is 102 Å². The molecule has 0 aliphatic carbocycles. The number of imide groups is 1. The molecule has 4 rings (SSSR count). The van der Waals surface area contributed by atoms with Crippen molar-refractivity contribution < 1.29 is 22.3 Å². The van der Waals surface area contributed by atoms with E-state index in [1.165, 1.54) is 24.3 Å². The van der Waals surface area contributed by atoms with Crippen LogP contribution in [0.3, 0.4) is 0 Å². The number of hydroxylamine groups is 2. The van der Waals surface area contributed by atoms with Gasteiger partial charge in [0.1, 0.15) is 0 Å². The van der Waals surface area contributed by atoms with Gasteiger partial charge in [-0.15, -0.1) is 9.35 Å². The largest absolute Gasteiger partial charge is 0.318 e. The lowest BCUT2D eigenvalue weighted by Gasteiger charge is -2.14. The third kappa shape index (κ3) is 3.49. The monoisotopic (exact) mass is 405 g/mol. The Kier molecular flexibility index (Phi) is 4.84. The van der Waals surface area contributed by atoms with Gasteiger partial charge in [0.05, 0.1) is 16.0 Å². The number of rotatable bonds is 5. The number of carbonyl (C=O) groups excluding carboxylic acids is 2. The van der Waals surface area contributed by atoms with Crippen molar-refractivity contribution in [2.75, 3.05) is 0 Å². The zero-order chi connectivity index (χ0) is 20.4. The predicted molar refractivity (Wildman–Crippen MR) is 106 cm³/mol. The maximum atomic E-state index is 13.1. The van der Waals surface area contributed by atoms with Crippen LogP contribution in [0.5, 0.6) is 0 Å². The molecule has 0 N–H and O–H groups in total. The van der Waals surface area contributed by atoms with Crippen LogP contribution in [0.2, 0.25) is 0 Å². The van der Waals surface area contributed by atoms with Gasteiger partial charge in [0, 0.05) is 0 Å². The van der Waals surface area contributed by atoms with Gasteiger partial charge in [0.15, 0.2) is 0 Å². The molecular weight excluding hydrogens is 390 g/mol. The van der Waals surface area contributed by atoms with Crippen LogP contribution in [0.15, 0.2) is 95.9 Å². The molecule has 0 radical (unpaired) electrons. The smallest absolute Gasteiger partial charge is 0.266 e. The molecule has 1 heterocycles. The summed E-state index contributed by atoms with van der Waals surface area (Å²) in [5, 5.41) is 0.312. The van der Waals surface area contributed by atoms with Crippen LogP contribution in [0.25, 0.3) is 11.1 Å². The Bertz CT molecular complexity index is 1140. The van der Waals surface area contributed by atoms with E-state index in [0.29, 0.717) is 16.2 Å². The van der Waals surface area contributed by atoms with Gasteiger partial charge in [-0.05, 0) is 23.3 Å². The summed E-state index contributed by atoms with van der Waals surface area (Å²) in [7, 11) is -4.36. The molecule has 0 saturated carbocycles. The van der Waals surface area contributed by atoms with Gasteiger partial charge in [0.25, 0.3) is 11.8 Å². The zero-order valence-electron chi connectivity index (χ0n) is 15.1. The van der Waals surface area contributed by atoms with Crippen LogP contribution in [-0.2, 0) is 24.0 Å². The summed E-state index contributed by atoms with van der Waals surface area (Å²) in [6, 6.07) is 24.5. The van der Waals surface area contributed by atoms with Gasteiger partial charge < -0.3 is 0 Å². The molecule has 2 amide bonds. The Morgan fingerprint density at radius 2 is 0.966 bits per heavy atom. The van der Waals surface area contributed by atoms with Crippen LogP contribution >= 0.6 is 0 Å². The lowest BCUT2D eigenvalue weighted by atomic mass is 9.96. The lowest BCUT2D eigenvalue weighted by molar-refractivity contribution is -0.160. The molecule has 0 unspecified atom stereocenters. The predicted octanol–water partition coefficient (Wildman–Crippen LogP) is 3.29. The molecule has 3 aromatic rings. The van der Waals surface area contributed by atoms with Gasteiger partial charge in [-0.2, -0.15) is 8.42 Å². The van der Waals surface area contributed by atoms with Crippen LogP contribution in [0, 0.1) is 0 Å². The molecule has 29 heavy (non-hydrogen) atoms. The Balaban J connectivity index is 1.79. The van der Waals surface area contributed by atoms with E-state index in [1.54, 1.807) is 66.7 Å². The Labute approximate surface area is 167 Å². The van der Waals surface area contributed by atoms with E-state index in [9.17, 15) is 18.0 Å². The fourth-order valence-electron chi connectivity index (χ4n) is 3.05. The van der Waals surface area contributed by atoms with Crippen molar-refractivity contribution in [1.29, 1.82) is 0 Å². The van der Waals surface area contributed by atoms with Crippen molar-refractivity contribution in [3.63, 3.8) is 0 Å². The first-order valence-electron chi connectivity index (χ1n) is 8.72. The van der Waals surface area contributed by atoms with E-state index in [1.807, 2.05) is 0 Å². The maximum absolute atomic E-state index is 13.1. The van der Waals surface area contributed by atoms with Gasteiger partial charge in [0.2, 0.25) is 0 Å². The highest BCUT2D eigenvalue weighted by Gasteiger charge is 2.43. The standard InChI is InChI=1S/C22H15NO5S/c24-21-19(16-10-4-1-5-11-16)20(17-12-6-2-7-13-17)22(25)23(21)28-29(26,27)18-14-8-3-9-15-18/h1-15H. The molecule has 1 aliphatic rings. The van der Waals surface area contributed by atoms with Crippen LogP contribution < -0.4 is 0 Å². The number of carbonyl (C=O) groups is 2. The average Bonchev–Trinajstić information content (AvgIpc) is 3.00. The van der Waals surface area contributed by atoms with Crippen molar-refractivity contribution >= 4 is 33.1 Å². The van der Waals surface area contributed by atoms with Crippen molar-refractivity contribution in [2.24, 2.45) is 0 Å². The third-order valence-corrected chi connectivity index (χ3v) is 5.57.